The summed E-state index contributed by atoms with van der Waals surface area (Å²) < 4.78 is 33.3. The average Bonchev–Trinajstić information content (AvgIpc) is 2.75. The number of hydrogen-bond acceptors (Lipinski definition) is 4. The van der Waals surface area contributed by atoms with Gasteiger partial charge in [-0.2, -0.15) is 4.31 Å². The second-order valence-electron chi connectivity index (χ2n) is 5.04. The van der Waals surface area contributed by atoms with Crippen molar-refractivity contribution in [1.29, 1.82) is 0 Å². The predicted octanol–water partition coefficient (Wildman–Crippen LogP) is 0.521. The number of carboxylic acid groups (broad SMARTS) is 1. The molecule has 0 spiro atoms. The second-order valence-corrected chi connectivity index (χ2v) is 6.94. The summed E-state index contributed by atoms with van der Waals surface area (Å²) >= 11 is 0. The van der Waals surface area contributed by atoms with E-state index in [2.05, 4.69) is 0 Å². The number of aromatic carboxylic acids is 1. The molecule has 0 aromatic carbocycles. The van der Waals surface area contributed by atoms with Crippen molar-refractivity contribution >= 4 is 16.0 Å². The molecule has 8 heteroatoms. The Bertz CT molecular complexity index is 622. The molecule has 112 valence electrons. The van der Waals surface area contributed by atoms with E-state index in [-0.39, 0.29) is 29.3 Å². The molecule has 1 aromatic rings. The van der Waals surface area contributed by atoms with Crippen LogP contribution >= 0.6 is 0 Å². The Morgan fingerprint density at radius 2 is 2.10 bits per heavy atom. The molecule has 0 saturated carbocycles. The predicted molar refractivity (Wildman–Crippen MR) is 71.1 cm³/mol. The van der Waals surface area contributed by atoms with Gasteiger partial charge in [-0.15, -0.1) is 0 Å². The van der Waals surface area contributed by atoms with Crippen LogP contribution in [0.25, 0.3) is 0 Å². The lowest BCUT2D eigenvalue weighted by Gasteiger charge is -2.35. The summed E-state index contributed by atoms with van der Waals surface area (Å²) in [6.45, 7) is 4.17. The minimum atomic E-state index is -3.71. The first-order chi connectivity index (χ1) is 9.23. The quantitative estimate of drug-likeness (QED) is 0.879. The van der Waals surface area contributed by atoms with Gasteiger partial charge >= 0.3 is 5.97 Å². The fourth-order valence-corrected chi connectivity index (χ4v) is 3.99. The highest BCUT2D eigenvalue weighted by molar-refractivity contribution is 7.89. The van der Waals surface area contributed by atoms with Crippen LogP contribution in [0.1, 0.15) is 24.3 Å². The number of hydrogen-bond donors (Lipinski definition) is 1. The van der Waals surface area contributed by atoms with Crippen LogP contribution in [0.4, 0.5) is 0 Å². The number of morpholine rings is 1. The maximum Gasteiger partial charge on any atom is 0.352 e. The number of carbonyl (C=O) groups is 1. The lowest BCUT2D eigenvalue weighted by atomic mass is 10.2. The topological polar surface area (TPSA) is 88.8 Å². The van der Waals surface area contributed by atoms with Gasteiger partial charge in [-0.25, -0.2) is 13.2 Å². The molecule has 2 rings (SSSR count). The molecule has 2 atom stereocenters. The van der Waals surface area contributed by atoms with Crippen molar-refractivity contribution < 1.29 is 23.1 Å². The molecule has 1 aliphatic rings. The van der Waals surface area contributed by atoms with Crippen LogP contribution in [-0.2, 0) is 21.8 Å². The van der Waals surface area contributed by atoms with Gasteiger partial charge in [-0.05, 0) is 19.9 Å². The summed E-state index contributed by atoms with van der Waals surface area (Å²) in [5, 5.41) is 9.00. The van der Waals surface area contributed by atoms with E-state index in [1.165, 1.54) is 28.2 Å². The summed E-state index contributed by atoms with van der Waals surface area (Å²) in [7, 11) is -2.20. The summed E-state index contributed by atoms with van der Waals surface area (Å²) in [5.41, 5.74) is -0.0578. The fraction of sp³-hybridized carbons (Fsp3) is 0.583. The van der Waals surface area contributed by atoms with Crippen molar-refractivity contribution in [2.75, 3.05) is 13.2 Å². The summed E-state index contributed by atoms with van der Waals surface area (Å²) in [5.74, 6) is -1.16. The van der Waals surface area contributed by atoms with E-state index in [4.69, 9.17) is 9.84 Å². The molecule has 0 aliphatic carbocycles. The number of ether oxygens (including phenoxy) is 1. The number of rotatable bonds is 3. The lowest BCUT2D eigenvalue weighted by Crippen LogP contribution is -2.49. The Labute approximate surface area is 117 Å². The zero-order valence-electron chi connectivity index (χ0n) is 11.6. The minimum absolute atomic E-state index is 0.00153. The Kier molecular flexibility index (Phi) is 3.90. The van der Waals surface area contributed by atoms with Crippen molar-refractivity contribution in [2.24, 2.45) is 7.05 Å². The zero-order valence-corrected chi connectivity index (χ0v) is 12.4. The fourth-order valence-electron chi connectivity index (χ4n) is 2.23. The molecule has 0 radical (unpaired) electrons. The summed E-state index contributed by atoms with van der Waals surface area (Å²) in [6.07, 6.45) is 1.15. The van der Waals surface area contributed by atoms with Crippen molar-refractivity contribution in [3.63, 3.8) is 0 Å². The first-order valence-electron chi connectivity index (χ1n) is 6.26. The molecule has 0 bridgehead atoms. The number of aryl methyl sites for hydroxylation is 1. The van der Waals surface area contributed by atoms with Gasteiger partial charge in [0.05, 0.1) is 12.7 Å². The van der Waals surface area contributed by atoms with Crippen LogP contribution < -0.4 is 0 Å². The molecule has 2 unspecified atom stereocenters. The van der Waals surface area contributed by atoms with Crippen LogP contribution in [0.3, 0.4) is 0 Å². The third-order valence-corrected chi connectivity index (χ3v) is 5.30. The SMILES string of the molecule is CC1CN(S(=O)(=O)c2cc(C(=O)O)n(C)c2)C(C)CO1. The Morgan fingerprint density at radius 1 is 1.45 bits per heavy atom. The van der Waals surface area contributed by atoms with E-state index in [1.807, 2.05) is 6.92 Å². The third-order valence-electron chi connectivity index (χ3n) is 3.36. The molecule has 20 heavy (non-hydrogen) atoms. The van der Waals surface area contributed by atoms with Gasteiger partial charge in [0.1, 0.15) is 10.6 Å². The third kappa shape index (κ3) is 2.58. The normalized spacial score (nSPS) is 24.8. The first kappa shape index (κ1) is 15.0. The lowest BCUT2D eigenvalue weighted by molar-refractivity contribution is -0.0170. The van der Waals surface area contributed by atoms with Gasteiger partial charge in [0.2, 0.25) is 10.0 Å². The molecule has 7 nitrogen and oxygen atoms in total. The molecule has 1 saturated heterocycles. The first-order valence-corrected chi connectivity index (χ1v) is 7.70. The van der Waals surface area contributed by atoms with Gasteiger partial charge < -0.3 is 14.4 Å². The van der Waals surface area contributed by atoms with Gasteiger partial charge in [0, 0.05) is 25.8 Å². The van der Waals surface area contributed by atoms with Gasteiger partial charge in [0.25, 0.3) is 0 Å². The molecule has 1 N–H and O–H groups in total. The van der Waals surface area contributed by atoms with Gasteiger partial charge in [0.15, 0.2) is 0 Å². The molecule has 1 aromatic heterocycles. The van der Waals surface area contributed by atoms with Gasteiger partial charge in [-0.1, -0.05) is 0 Å². The van der Waals surface area contributed by atoms with Crippen LogP contribution in [0.2, 0.25) is 0 Å². The van der Waals surface area contributed by atoms with Crippen LogP contribution in [0.5, 0.6) is 0 Å². The van der Waals surface area contributed by atoms with E-state index in [1.54, 1.807) is 6.92 Å². The molecule has 0 amide bonds. The highest BCUT2D eigenvalue weighted by Gasteiger charge is 2.35. The van der Waals surface area contributed by atoms with E-state index in [0.717, 1.165) is 0 Å². The van der Waals surface area contributed by atoms with Crippen molar-refractivity contribution in [3.05, 3.63) is 18.0 Å². The highest BCUT2D eigenvalue weighted by Crippen LogP contribution is 2.23. The number of nitrogens with zero attached hydrogens (tertiary/aromatic N) is 2. The molecular weight excluding hydrogens is 284 g/mol. The number of carboxylic acids is 1. The second kappa shape index (κ2) is 5.19. The number of aromatic nitrogens is 1. The van der Waals surface area contributed by atoms with Crippen LogP contribution in [0.15, 0.2) is 17.2 Å². The maximum atomic E-state index is 12.6. The Hall–Kier alpha value is -1.38. The van der Waals surface area contributed by atoms with Crippen LogP contribution in [0, 0.1) is 0 Å². The molecule has 1 fully saturated rings. The highest BCUT2D eigenvalue weighted by atomic mass is 32.2. The monoisotopic (exact) mass is 302 g/mol. The van der Waals surface area contributed by atoms with E-state index < -0.39 is 16.0 Å². The van der Waals surface area contributed by atoms with Crippen molar-refractivity contribution in [3.8, 4) is 0 Å². The van der Waals surface area contributed by atoms with E-state index >= 15 is 0 Å². The zero-order chi connectivity index (χ0) is 15.1. The Balaban J connectivity index is 2.39. The summed E-state index contributed by atoms with van der Waals surface area (Å²) in [4.78, 5) is 11.0. The van der Waals surface area contributed by atoms with E-state index in [0.29, 0.717) is 6.61 Å². The van der Waals surface area contributed by atoms with E-state index in [9.17, 15) is 13.2 Å². The molecular formula is C12H18N2O5S. The minimum Gasteiger partial charge on any atom is -0.477 e. The molecule has 1 aliphatic heterocycles. The van der Waals surface area contributed by atoms with Crippen LogP contribution in [-0.4, -0.2) is 53.7 Å². The average molecular weight is 302 g/mol. The van der Waals surface area contributed by atoms with Crippen molar-refractivity contribution in [1.82, 2.24) is 8.87 Å². The van der Waals surface area contributed by atoms with Crippen molar-refractivity contribution in [2.45, 2.75) is 30.9 Å². The van der Waals surface area contributed by atoms with Gasteiger partial charge in [-0.3, -0.25) is 0 Å². The smallest absolute Gasteiger partial charge is 0.352 e. The maximum absolute atomic E-state index is 12.6. The standard InChI is InChI=1S/C12H18N2O5S/c1-8-7-19-9(2)5-14(8)20(17,18)10-4-11(12(15)16)13(3)6-10/h4,6,8-9H,5,7H2,1-3H3,(H,15,16). The Morgan fingerprint density at radius 3 is 2.65 bits per heavy atom. The molecule has 2 heterocycles. The number of sulfonamides is 1. The largest absolute Gasteiger partial charge is 0.477 e. The summed E-state index contributed by atoms with van der Waals surface area (Å²) in [6, 6.07) is 0.912.